The van der Waals surface area contributed by atoms with Crippen LogP contribution in [0.1, 0.15) is 54.6 Å². The summed E-state index contributed by atoms with van der Waals surface area (Å²) in [7, 11) is -3.48. The third-order valence-electron chi connectivity index (χ3n) is 6.47. The lowest BCUT2D eigenvalue weighted by Gasteiger charge is -2.33. The van der Waals surface area contributed by atoms with Gasteiger partial charge in [-0.2, -0.15) is 0 Å². The molecule has 1 aromatic heterocycles. The van der Waals surface area contributed by atoms with E-state index in [2.05, 4.69) is 9.71 Å². The van der Waals surface area contributed by atoms with Gasteiger partial charge >= 0.3 is 0 Å². The average Bonchev–Trinajstić information content (AvgIpc) is 2.76. The van der Waals surface area contributed by atoms with E-state index in [4.69, 9.17) is 0 Å². The Morgan fingerprint density at radius 3 is 2.65 bits per heavy atom. The molecule has 1 aliphatic rings. The van der Waals surface area contributed by atoms with Crippen molar-refractivity contribution < 1.29 is 12.8 Å². The van der Waals surface area contributed by atoms with Crippen LogP contribution in [0.4, 0.5) is 4.39 Å². The van der Waals surface area contributed by atoms with E-state index in [1.165, 1.54) is 0 Å². The normalized spacial score (nSPS) is 18.2. The van der Waals surface area contributed by atoms with E-state index in [0.29, 0.717) is 36.0 Å². The van der Waals surface area contributed by atoms with Crippen molar-refractivity contribution in [2.75, 3.05) is 6.26 Å². The number of aromatic nitrogens is 2. The Morgan fingerprint density at radius 2 is 1.94 bits per heavy atom. The molecule has 0 amide bonds. The fourth-order valence-corrected chi connectivity index (χ4v) is 5.63. The van der Waals surface area contributed by atoms with Gasteiger partial charge in [0, 0.05) is 29.1 Å². The van der Waals surface area contributed by atoms with Crippen LogP contribution in [0, 0.1) is 12.7 Å². The van der Waals surface area contributed by atoms with Crippen LogP contribution in [0.25, 0.3) is 11.1 Å². The number of benzene rings is 2. The fraction of sp³-hybridized carbons (Fsp3) is 0.385. The quantitative estimate of drug-likeness (QED) is 0.572. The van der Waals surface area contributed by atoms with Crippen molar-refractivity contribution in [3.05, 3.63) is 87.3 Å². The maximum absolute atomic E-state index is 14.8. The average molecular weight is 484 g/mol. The predicted octanol–water partition coefficient (Wildman–Crippen LogP) is 4.13. The monoisotopic (exact) mass is 483 g/mol. The molecule has 0 bridgehead atoms. The first-order valence-electron chi connectivity index (χ1n) is 11.5. The Kier molecular flexibility index (Phi) is 6.73. The summed E-state index contributed by atoms with van der Waals surface area (Å²) in [5.41, 5.74) is 3.88. The minimum absolute atomic E-state index is 0.0678. The molecule has 2 unspecified atom stereocenters. The van der Waals surface area contributed by atoms with Gasteiger partial charge in [0.15, 0.2) is 0 Å². The Bertz CT molecular complexity index is 1380. The second kappa shape index (κ2) is 9.43. The minimum Gasteiger partial charge on any atom is -0.296 e. The number of hydrogen-bond acceptors (Lipinski definition) is 4. The first kappa shape index (κ1) is 24.3. The Labute approximate surface area is 199 Å². The van der Waals surface area contributed by atoms with E-state index < -0.39 is 16.1 Å². The molecule has 34 heavy (non-hydrogen) atoms. The maximum Gasteiger partial charge on any atom is 0.257 e. The van der Waals surface area contributed by atoms with Crippen molar-refractivity contribution >= 4 is 10.0 Å². The zero-order chi connectivity index (χ0) is 24.6. The minimum atomic E-state index is -3.48. The third-order valence-corrected chi connectivity index (χ3v) is 7.20. The highest BCUT2D eigenvalue weighted by molar-refractivity contribution is 7.88. The molecule has 2 atom stereocenters. The highest BCUT2D eigenvalue weighted by Gasteiger charge is 2.35. The van der Waals surface area contributed by atoms with Gasteiger partial charge in [-0.3, -0.25) is 9.36 Å². The van der Waals surface area contributed by atoms with Gasteiger partial charge in [-0.1, -0.05) is 42.5 Å². The van der Waals surface area contributed by atoms with Crippen LogP contribution in [0.5, 0.6) is 0 Å². The summed E-state index contributed by atoms with van der Waals surface area (Å²) in [6.07, 6.45) is 4.22. The molecule has 1 heterocycles. The number of rotatable bonds is 6. The lowest BCUT2D eigenvalue weighted by atomic mass is 9.78. The summed E-state index contributed by atoms with van der Waals surface area (Å²) >= 11 is 0. The van der Waals surface area contributed by atoms with E-state index in [0.717, 1.165) is 23.1 Å². The van der Waals surface area contributed by atoms with Crippen LogP contribution in [0.15, 0.2) is 53.6 Å². The van der Waals surface area contributed by atoms with Crippen molar-refractivity contribution in [2.45, 2.75) is 58.0 Å². The molecule has 180 valence electrons. The molecule has 0 saturated heterocycles. The molecule has 0 spiro atoms. The summed E-state index contributed by atoms with van der Waals surface area (Å²) in [5, 5.41) is 0. The van der Waals surface area contributed by atoms with E-state index in [1.807, 2.05) is 44.2 Å². The lowest BCUT2D eigenvalue weighted by Crippen LogP contribution is -2.45. The van der Waals surface area contributed by atoms with Crippen LogP contribution in [-0.2, 0) is 22.9 Å². The zero-order valence-corrected chi connectivity index (χ0v) is 20.7. The zero-order valence-electron chi connectivity index (χ0n) is 19.9. The summed E-state index contributed by atoms with van der Waals surface area (Å²) in [5.74, 6) is -0.648. The smallest absolute Gasteiger partial charge is 0.257 e. The van der Waals surface area contributed by atoms with E-state index in [-0.39, 0.29) is 23.3 Å². The molecule has 0 saturated carbocycles. The molecular formula is C26H30FN3O3S. The van der Waals surface area contributed by atoms with E-state index in [1.54, 1.807) is 30.0 Å². The van der Waals surface area contributed by atoms with Crippen molar-refractivity contribution in [2.24, 2.45) is 0 Å². The lowest BCUT2D eigenvalue weighted by molar-refractivity contribution is 0.413. The fourth-order valence-electron chi connectivity index (χ4n) is 4.80. The van der Waals surface area contributed by atoms with Crippen LogP contribution in [-0.4, -0.2) is 30.3 Å². The van der Waals surface area contributed by atoms with Gasteiger partial charge in [0.2, 0.25) is 10.0 Å². The van der Waals surface area contributed by atoms with Crippen LogP contribution < -0.4 is 10.3 Å². The summed E-state index contributed by atoms with van der Waals surface area (Å²) in [6.45, 7) is 5.56. The number of aryl methyl sites for hydroxylation is 2. The topological polar surface area (TPSA) is 81.1 Å². The molecule has 0 fully saturated rings. The summed E-state index contributed by atoms with van der Waals surface area (Å²) in [6, 6.07) is 12.4. The molecular weight excluding hydrogens is 453 g/mol. The largest absolute Gasteiger partial charge is 0.296 e. The second-order valence-corrected chi connectivity index (χ2v) is 11.2. The highest BCUT2D eigenvalue weighted by Crippen LogP contribution is 2.33. The van der Waals surface area contributed by atoms with Gasteiger partial charge in [0.05, 0.1) is 18.3 Å². The summed E-state index contributed by atoms with van der Waals surface area (Å²) < 4.78 is 43.4. The van der Waals surface area contributed by atoms with Crippen LogP contribution in [0.2, 0.25) is 0 Å². The van der Waals surface area contributed by atoms with Gasteiger partial charge in [-0.15, -0.1) is 0 Å². The van der Waals surface area contributed by atoms with Gasteiger partial charge in [0.1, 0.15) is 5.82 Å². The predicted molar refractivity (Wildman–Crippen MR) is 132 cm³/mol. The van der Waals surface area contributed by atoms with E-state index >= 15 is 0 Å². The number of nitrogens with one attached hydrogen (secondary N) is 1. The molecule has 6 nitrogen and oxygen atoms in total. The molecule has 3 aromatic rings. The second-order valence-electron chi connectivity index (χ2n) is 9.39. The Morgan fingerprint density at radius 1 is 1.21 bits per heavy atom. The van der Waals surface area contributed by atoms with Gasteiger partial charge < -0.3 is 0 Å². The Balaban J connectivity index is 1.79. The number of hydrogen-bond donors (Lipinski definition) is 1. The summed E-state index contributed by atoms with van der Waals surface area (Å²) in [4.78, 5) is 18.0. The molecule has 1 aliphatic carbocycles. The molecule has 0 radical (unpaired) electrons. The standard InChI is InChI=1S/C26H30FN3O3S/c1-16(2)30-15-28-23-12-11-22(29-34(4,32)33)21(24(23)26(30)31)14-18-8-6-9-19(13-18)20-10-5-7-17(3)25(20)27/h5-10,13,15-16,21-22,29H,11-12,14H2,1-4H3. The first-order valence-corrected chi connectivity index (χ1v) is 13.4. The number of sulfonamides is 1. The van der Waals surface area contributed by atoms with Gasteiger partial charge in [0.25, 0.3) is 5.56 Å². The van der Waals surface area contributed by atoms with Crippen molar-refractivity contribution in [3.63, 3.8) is 0 Å². The van der Waals surface area contributed by atoms with Crippen molar-refractivity contribution in [1.82, 2.24) is 14.3 Å². The van der Waals surface area contributed by atoms with Crippen LogP contribution >= 0.6 is 0 Å². The number of halogens is 1. The molecule has 2 aromatic carbocycles. The number of fused-ring (bicyclic) bond motifs is 1. The number of nitrogens with zero attached hydrogens (tertiary/aromatic N) is 2. The van der Waals surface area contributed by atoms with Crippen molar-refractivity contribution in [1.29, 1.82) is 0 Å². The first-order chi connectivity index (χ1) is 16.0. The molecule has 8 heteroatoms. The third kappa shape index (κ3) is 4.98. The molecule has 4 rings (SSSR count). The van der Waals surface area contributed by atoms with Crippen LogP contribution in [0.3, 0.4) is 0 Å². The molecule has 0 aliphatic heterocycles. The van der Waals surface area contributed by atoms with Gasteiger partial charge in [-0.25, -0.2) is 22.5 Å². The van der Waals surface area contributed by atoms with Crippen molar-refractivity contribution in [3.8, 4) is 11.1 Å². The SMILES string of the molecule is Cc1cccc(-c2cccc(CC3c4c(ncn(C(C)C)c4=O)CCC3NS(C)(=O)=O)c2)c1F. The maximum atomic E-state index is 14.8. The molecule has 1 N–H and O–H groups in total. The Hall–Kier alpha value is -2.84. The van der Waals surface area contributed by atoms with E-state index in [9.17, 15) is 17.6 Å². The highest BCUT2D eigenvalue weighted by atomic mass is 32.2. The van der Waals surface area contributed by atoms with Gasteiger partial charge in [-0.05, 0) is 56.7 Å².